The van der Waals surface area contributed by atoms with Crippen molar-refractivity contribution in [3.05, 3.63) is 34.6 Å². The standard InChI is InChI=1S/C20H27N5OS2/c1-14-5-7-15(8-6-14)19-21-22-20(27)25(19)13-18(26)24-11-16(17(12-24)28-2)23-9-3-4-10-23/h5-8,16-17H,3-4,9-13H2,1-2H3,(H,22,27)/t16-,17-/m0/s1. The summed E-state index contributed by atoms with van der Waals surface area (Å²) >= 11 is 7.29. The number of nitrogens with one attached hydrogen (secondary N) is 1. The number of aromatic nitrogens is 3. The van der Waals surface area contributed by atoms with Gasteiger partial charge in [0, 0.05) is 29.9 Å². The second-order valence-electron chi connectivity index (χ2n) is 7.69. The zero-order valence-electron chi connectivity index (χ0n) is 16.4. The molecule has 8 heteroatoms. The predicted molar refractivity (Wildman–Crippen MR) is 116 cm³/mol. The molecular formula is C20H27N5OS2. The van der Waals surface area contributed by atoms with Gasteiger partial charge in [0.05, 0.1) is 0 Å². The Labute approximate surface area is 175 Å². The van der Waals surface area contributed by atoms with Crippen molar-refractivity contribution < 1.29 is 4.79 Å². The maximum atomic E-state index is 13.1. The van der Waals surface area contributed by atoms with Crippen LogP contribution in [0.15, 0.2) is 24.3 Å². The van der Waals surface area contributed by atoms with E-state index in [0.717, 1.165) is 37.6 Å². The van der Waals surface area contributed by atoms with Gasteiger partial charge < -0.3 is 4.90 Å². The summed E-state index contributed by atoms with van der Waals surface area (Å²) in [5, 5.41) is 7.70. The highest BCUT2D eigenvalue weighted by Gasteiger charge is 2.39. The number of hydrogen-bond donors (Lipinski definition) is 1. The molecule has 2 fully saturated rings. The molecule has 3 heterocycles. The summed E-state index contributed by atoms with van der Waals surface area (Å²) in [6.45, 7) is 6.23. The molecule has 0 aliphatic carbocycles. The molecule has 1 aromatic heterocycles. The lowest BCUT2D eigenvalue weighted by atomic mass is 10.1. The van der Waals surface area contributed by atoms with Gasteiger partial charge in [-0.3, -0.25) is 19.4 Å². The highest BCUT2D eigenvalue weighted by Crippen LogP contribution is 2.28. The fraction of sp³-hybridized carbons (Fsp3) is 0.550. The van der Waals surface area contributed by atoms with Crippen LogP contribution in [0.3, 0.4) is 0 Å². The third-order valence-electron chi connectivity index (χ3n) is 5.86. The molecule has 2 aromatic rings. The lowest BCUT2D eigenvalue weighted by Crippen LogP contribution is -2.40. The topological polar surface area (TPSA) is 57.2 Å². The Bertz CT molecular complexity index is 885. The molecule has 28 heavy (non-hydrogen) atoms. The number of H-pyrrole nitrogens is 1. The molecule has 2 aliphatic rings. The molecule has 150 valence electrons. The Kier molecular flexibility index (Phi) is 5.89. The summed E-state index contributed by atoms with van der Waals surface area (Å²) in [5.74, 6) is 0.835. The van der Waals surface area contributed by atoms with Crippen LogP contribution in [0, 0.1) is 11.7 Å². The number of carbonyl (C=O) groups excluding carboxylic acids is 1. The minimum atomic E-state index is 0.117. The first-order chi connectivity index (χ1) is 13.6. The number of benzene rings is 1. The number of amides is 1. The number of thioether (sulfide) groups is 1. The average Bonchev–Trinajstić information content (AvgIpc) is 3.43. The lowest BCUT2D eigenvalue weighted by molar-refractivity contribution is -0.130. The Morgan fingerprint density at radius 2 is 1.96 bits per heavy atom. The van der Waals surface area contributed by atoms with E-state index in [1.807, 2.05) is 45.5 Å². The molecule has 6 nitrogen and oxygen atoms in total. The van der Waals surface area contributed by atoms with E-state index >= 15 is 0 Å². The smallest absolute Gasteiger partial charge is 0.242 e. The van der Waals surface area contributed by atoms with Crippen LogP contribution in [0.25, 0.3) is 11.4 Å². The predicted octanol–water partition coefficient (Wildman–Crippen LogP) is 2.95. The van der Waals surface area contributed by atoms with Crippen molar-refractivity contribution in [2.45, 2.75) is 37.6 Å². The fourth-order valence-electron chi connectivity index (χ4n) is 4.24. The second-order valence-corrected chi connectivity index (χ2v) is 9.15. The molecular weight excluding hydrogens is 390 g/mol. The van der Waals surface area contributed by atoms with Gasteiger partial charge in [-0.15, -0.1) is 0 Å². The molecule has 1 aromatic carbocycles. The molecule has 0 unspecified atom stereocenters. The van der Waals surface area contributed by atoms with Gasteiger partial charge in [-0.25, -0.2) is 0 Å². The SMILES string of the molecule is CS[C@H]1CN(C(=O)Cn2c(-c3ccc(C)cc3)n[nH]c2=S)C[C@@H]1N1CCCC1. The average molecular weight is 418 g/mol. The Morgan fingerprint density at radius 3 is 2.64 bits per heavy atom. The van der Waals surface area contributed by atoms with Crippen molar-refractivity contribution in [2.75, 3.05) is 32.4 Å². The van der Waals surface area contributed by atoms with Crippen molar-refractivity contribution in [1.82, 2.24) is 24.6 Å². The van der Waals surface area contributed by atoms with Crippen molar-refractivity contribution >= 4 is 29.9 Å². The van der Waals surface area contributed by atoms with Gasteiger partial charge in [-0.2, -0.15) is 16.9 Å². The van der Waals surface area contributed by atoms with Gasteiger partial charge in [0.15, 0.2) is 10.6 Å². The first-order valence-electron chi connectivity index (χ1n) is 9.83. The van der Waals surface area contributed by atoms with Crippen LogP contribution in [0.4, 0.5) is 0 Å². The summed E-state index contributed by atoms with van der Waals surface area (Å²) in [6, 6.07) is 8.59. The number of hydrogen-bond acceptors (Lipinski definition) is 5. The molecule has 0 radical (unpaired) electrons. The van der Waals surface area contributed by atoms with Crippen molar-refractivity contribution in [1.29, 1.82) is 0 Å². The molecule has 2 saturated heterocycles. The van der Waals surface area contributed by atoms with Gasteiger partial charge in [-0.1, -0.05) is 29.8 Å². The van der Waals surface area contributed by atoms with Crippen LogP contribution >= 0.6 is 24.0 Å². The number of nitrogens with zero attached hydrogens (tertiary/aromatic N) is 4. The minimum Gasteiger partial charge on any atom is -0.338 e. The highest BCUT2D eigenvalue weighted by molar-refractivity contribution is 7.99. The first kappa shape index (κ1) is 19.7. The monoisotopic (exact) mass is 417 g/mol. The minimum absolute atomic E-state index is 0.117. The number of rotatable bonds is 5. The fourth-order valence-corrected chi connectivity index (χ4v) is 5.34. The lowest BCUT2D eigenvalue weighted by Gasteiger charge is -2.27. The van der Waals surface area contributed by atoms with Crippen LogP contribution in [0.2, 0.25) is 0 Å². The van der Waals surface area contributed by atoms with Gasteiger partial charge in [0.2, 0.25) is 5.91 Å². The van der Waals surface area contributed by atoms with Crippen molar-refractivity contribution in [3.8, 4) is 11.4 Å². The van der Waals surface area contributed by atoms with Crippen molar-refractivity contribution in [3.63, 3.8) is 0 Å². The molecule has 1 N–H and O–H groups in total. The van der Waals surface area contributed by atoms with Gasteiger partial charge >= 0.3 is 0 Å². The molecule has 0 spiro atoms. The van der Waals surface area contributed by atoms with E-state index < -0.39 is 0 Å². The third kappa shape index (κ3) is 3.90. The Morgan fingerprint density at radius 1 is 1.25 bits per heavy atom. The Hall–Kier alpha value is -1.64. The molecule has 4 rings (SSSR count). The maximum Gasteiger partial charge on any atom is 0.242 e. The summed E-state index contributed by atoms with van der Waals surface area (Å²) in [5.41, 5.74) is 2.15. The van der Waals surface area contributed by atoms with E-state index in [9.17, 15) is 4.79 Å². The van der Waals surface area contributed by atoms with Gasteiger partial charge in [0.25, 0.3) is 0 Å². The number of aryl methyl sites for hydroxylation is 1. The quantitative estimate of drug-likeness (QED) is 0.758. The van der Waals surface area contributed by atoms with Gasteiger partial charge in [-0.05, 0) is 51.3 Å². The van der Waals surface area contributed by atoms with Crippen LogP contribution in [-0.2, 0) is 11.3 Å². The van der Waals surface area contributed by atoms with E-state index in [0.29, 0.717) is 16.1 Å². The van der Waals surface area contributed by atoms with Crippen LogP contribution in [-0.4, -0.2) is 74.2 Å². The number of carbonyl (C=O) groups is 1. The zero-order chi connectivity index (χ0) is 19.7. The normalized spacial score (nSPS) is 22.9. The van der Waals surface area contributed by atoms with Crippen molar-refractivity contribution in [2.24, 2.45) is 0 Å². The largest absolute Gasteiger partial charge is 0.338 e. The van der Waals surface area contributed by atoms with E-state index in [-0.39, 0.29) is 12.5 Å². The molecule has 2 aliphatic heterocycles. The maximum absolute atomic E-state index is 13.1. The van der Waals surface area contributed by atoms with Crippen LogP contribution in [0.1, 0.15) is 18.4 Å². The summed E-state index contributed by atoms with van der Waals surface area (Å²) < 4.78 is 2.31. The molecule has 1 amide bonds. The van der Waals surface area contributed by atoms with E-state index in [4.69, 9.17) is 12.2 Å². The number of aromatic amines is 1. The second kappa shape index (κ2) is 8.39. The molecule has 0 saturated carbocycles. The summed E-state index contributed by atoms with van der Waals surface area (Å²) in [7, 11) is 0. The van der Waals surface area contributed by atoms with Gasteiger partial charge in [0.1, 0.15) is 6.54 Å². The highest BCUT2D eigenvalue weighted by atomic mass is 32.2. The molecule has 2 atom stereocenters. The zero-order valence-corrected chi connectivity index (χ0v) is 18.1. The summed E-state index contributed by atoms with van der Waals surface area (Å²) in [6.07, 6.45) is 4.70. The first-order valence-corrected chi connectivity index (χ1v) is 11.5. The van der Waals surface area contributed by atoms with E-state index in [1.165, 1.54) is 18.4 Å². The van der Waals surface area contributed by atoms with E-state index in [1.54, 1.807) is 0 Å². The molecule has 0 bridgehead atoms. The van der Waals surface area contributed by atoms with Crippen LogP contribution in [0.5, 0.6) is 0 Å². The van der Waals surface area contributed by atoms with Crippen LogP contribution < -0.4 is 0 Å². The Balaban J connectivity index is 1.50. The van der Waals surface area contributed by atoms with E-state index in [2.05, 4.69) is 28.3 Å². The number of likely N-dealkylation sites (tertiary alicyclic amines) is 2. The third-order valence-corrected chi connectivity index (χ3v) is 7.24. The summed E-state index contributed by atoms with van der Waals surface area (Å²) in [4.78, 5) is 17.7.